The zero-order valence-electron chi connectivity index (χ0n) is 21.4. The van der Waals surface area contributed by atoms with Crippen molar-refractivity contribution >= 4 is 11.8 Å². The molecule has 1 heterocycles. The van der Waals surface area contributed by atoms with E-state index in [4.69, 9.17) is 4.74 Å². The summed E-state index contributed by atoms with van der Waals surface area (Å²) in [7, 11) is 0. The van der Waals surface area contributed by atoms with Crippen molar-refractivity contribution in [3.05, 3.63) is 23.3 Å². The highest BCUT2D eigenvalue weighted by molar-refractivity contribution is 5.97. The molecule has 0 unspecified atom stereocenters. The van der Waals surface area contributed by atoms with E-state index in [2.05, 4.69) is 13.8 Å². The van der Waals surface area contributed by atoms with Gasteiger partial charge in [0.25, 0.3) is 0 Å². The zero-order chi connectivity index (χ0) is 25.7. The summed E-state index contributed by atoms with van der Waals surface area (Å²) in [6, 6.07) is 0. The highest BCUT2D eigenvalue weighted by Crippen LogP contribution is 2.68. The molecule has 0 spiro atoms. The van der Waals surface area contributed by atoms with Gasteiger partial charge in [-0.3, -0.25) is 4.79 Å². The van der Waals surface area contributed by atoms with Crippen molar-refractivity contribution in [3.8, 4) is 0 Å². The minimum atomic E-state index is -1.77. The van der Waals surface area contributed by atoms with Crippen molar-refractivity contribution in [2.45, 2.75) is 96.7 Å². The monoisotopic (exact) mass is 488 g/mol. The lowest BCUT2D eigenvalue weighted by atomic mass is 9.41. The Morgan fingerprint density at radius 3 is 2.43 bits per heavy atom. The molecular formula is C28H40O7. The van der Waals surface area contributed by atoms with Gasteiger partial charge < -0.3 is 25.2 Å². The summed E-state index contributed by atoms with van der Waals surface area (Å²) >= 11 is 0. The minimum absolute atomic E-state index is 0.000576. The maximum atomic E-state index is 13.2. The van der Waals surface area contributed by atoms with E-state index in [9.17, 15) is 30.0 Å². The lowest BCUT2D eigenvalue weighted by molar-refractivity contribution is -0.279. The quantitative estimate of drug-likeness (QED) is 0.440. The van der Waals surface area contributed by atoms with Crippen LogP contribution >= 0.6 is 0 Å². The number of carbonyl (C=O) groups excluding carboxylic acids is 2. The van der Waals surface area contributed by atoms with Crippen LogP contribution in [0.25, 0.3) is 0 Å². The molecule has 35 heavy (non-hydrogen) atoms. The van der Waals surface area contributed by atoms with Crippen LogP contribution in [0, 0.1) is 40.4 Å². The predicted octanol–water partition coefficient (Wildman–Crippen LogP) is 2.31. The molecule has 0 amide bonds. The van der Waals surface area contributed by atoms with Gasteiger partial charge in [-0.2, -0.15) is 0 Å². The van der Waals surface area contributed by atoms with Crippen LogP contribution < -0.4 is 0 Å². The van der Waals surface area contributed by atoms with E-state index in [1.54, 1.807) is 19.9 Å². The fraction of sp³-hybridized carbons (Fsp3) is 0.786. The molecule has 7 nitrogen and oxygen atoms in total. The van der Waals surface area contributed by atoms with Gasteiger partial charge >= 0.3 is 5.97 Å². The fourth-order valence-electron chi connectivity index (χ4n) is 9.03. The Bertz CT molecular complexity index is 1000. The molecule has 5 aliphatic rings. The Morgan fingerprint density at radius 1 is 1.09 bits per heavy atom. The van der Waals surface area contributed by atoms with Gasteiger partial charge in [-0.25, -0.2) is 4.79 Å². The second-order valence-electron chi connectivity index (χ2n) is 12.5. The van der Waals surface area contributed by atoms with Crippen LogP contribution in [-0.4, -0.2) is 62.2 Å². The van der Waals surface area contributed by atoms with Crippen molar-refractivity contribution in [2.75, 3.05) is 0 Å². The number of hydrogen-bond acceptors (Lipinski definition) is 7. The van der Waals surface area contributed by atoms with Crippen LogP contribution in [-0.2, 0) is 14.3 Å². The number of hydrogen-bond donors (Lipinski definition) is 4. The van der Waals surface area contributed by atoms with Crippen molar-refractivity contribution < 1.29 is 34.8 Å². The average Bonchev–Trinajstić information content (AvgIpc) is 3.16. The summed E-state index contributed by atoms with van der Waals surface area (Å²) in [6.07, 6.45) is 1.96. The van der Waals surface area contributed by atoms with Gasteiger partial charge in [0.05, 0.1) is 17.6 Å². The van der Waals surface area contributed by atoms with Crippen molar-refractivity contribution in [2.24, 2.45) is 40.4 Å². The highest BCUT2D eigenvalue weighted by atomic mass is 16.5. The average molecular weight is 489 g/mol. The van der Waals surface area contributed by atoms with Gasteiger partial charge in [-0.15, -0.1) is 0 Å². The highest BCUT2D eigenvalue weighted by Gasteiger charge is 2.73. The van der Waals surface area contributed by atoms with E-state index < -0.39 is 46.6 Å². The molecule has 4 aliphatic carbocycles. The predicted molar refractivity (Wildman–Crippen MR) is 128 cm³/mol. The number of ketones is 1. The van der Waals surface area contributed by atoms with Gasteiger partial charge in [0.1, 0.15) is 17.8 Å². The Balaban J connectivity index is 1.51. The third-order valence-electron chi connectivity index (χ3n) is 11.5. The number of allylic oxidation sites excluding steroid dienone is 1. The molecule has 0 aromatic carbocycles. The molecule has 3 saturated carbocycles. The third kappa shape index (κ3) is 3.04. The molecule has 1 aliphatic heterocycles. The van der Waals surface area contributed by atoms with Gasteiger partial charge in [-0.1, -0.05) is 25.5 Å². The van der Waals surface area contributed by atoms with E-state index in [1.165, 1.54) is 6.08 Å². The Kier molecular flexibility index (Phi) is 5.73. The molecule has 0 aromatic heterocycles. The van der Waals surface area contributed by atoms with Crippen LogP contribution in [0.2, 0.25) is 0 Å². The summed E-state index contributed by atoms with van der Waals surface area (Å²) in [5.41, 5.74) is -1.93. The van der Waals surface area contributed by atoms with Crippen LogP contribution in [0.4, 0.5) is 0 Å². The summed E-state index contributed by atoms with van der Waals surface area (Å²) in [5.74, 6) is -1.49. The molecule has 12 atom stereocenters. The van der Waals surface area contributed by atoms with E-state index in [0.29, 0.717) is 12.0 Å². The lowest BCUT2D eigenvalue weighted by Crippen LogP contribution is -2.75. The van der Waals surface area contributed by atoms with Gasteiger partial charge in [-0.05, 0) is 87.5 Å². The van der Waals surface area contributed by atoms with Crippen LogP contribution in [0.3, 0.4) is 0 Å². The van der Waals surface area contributed by atoms with E-state index in [1.807, 2.05) is 6.92 Å². The summed E-state index contributed by atoms with van der Waals surface area (Å²) in [4.78, 5) is 25.6. The summed E-state index contributed by atoms with van der Waals surface area (Å²) in [6.45, 7) is 9.61. The molecule has 0 saturated heterocycles. The Labute approximate surface area is 207 Å². The maximum absolute atomic E-state index is 13.2. The van der Waals surface area contributed by atoms with E-state index in [0.717, 1.165) is 18.4 Å². The molecule has 5 rings (SSSR count). The molecule has 4 N–H and O–H groups in total. The van der Waals surface area contributed by atoms with Crippen molar-refractivity contribution in [1.29, 1.82) is 0 Å². The molecule has 0 radical (unpaired) electrons. The molecular weight excluding hydrogens is 448 g/mol. The van der Waals surface area contributed by atoms with E-state index in [-0.39, 0.29) is 48.5 Å². The van der Waals surface area contributed by atoms with Crippen molar-refractivity contribution in [1.82, 2.24) is 0 Å². The minimum Gasteiger partial charge on any atom is -0.458 e. The maximum Gasteiger partial charge on any atom is 0.333 e. The SMILES string of the molecule is CC1=C(C)C(=O)O[C@@H]([C@@H](C)[C@H]2CC[C@H]3[C@@H]4[C@@H](O)[C@H](O)[C@@]5(O)CC=CC(=O)[C@]5(C)[C@H]4C[C@H](O)[C@]23C)C1. The molecule has 7 heteroatoms. The number of rotatable bonds is 2. The van der Waals surface area contributed by atoms with Gasteiger partial charge in [0, 0.05) is 12.0 Å². The molecule has 0 bridgehead atoms. The first-order chi connectivity index (χ1) is 16.3. The smallest absolute Gasteiger partial charge is 0.333 e. The molecule has 194 valence electrons. The third-order valence-corrected chi connectivity index (χ3v) is 11.5. The summed E-state index contributed by atoms with van der Waals surface area (Å²) < 4.78 is 5.81. The summed E-state index contributed by atoms with van der Waals surface area (Å²) in [5, 5.41) is 45.8. The largest absolute Gasteiger partial charge is 0.458 e. The Hall–Kier alpha value is -1.54. The number of fused-ring (bicyclic) bond motifs is 5. The molecule has 0 aromatic rings. The second-order valence-corrected chi connectivity index (χ2v) is 12.5. The van der Waals surface area contributed by atoms with Crippen LogP contribution in [0.5, 0.6) is 0 Å². The Morgan fingerprint density at radius 2 is 1.77 bits per heavy atom. The standard InChI is InChI=1S/C28H40O7/c1-13-11-19(35-25(33)14(13)2)15(3)16-8-9-17-22-18(12-21(30)26(16,17)4)27(5)20(29)7-6-10-28(27,34)24(32)23(22)31/h6-7,15-19,21-24,30-32,34H,8-12H2,1-5H3/t15-,16+,17-,18-,19+,21-,22-,23+,24-,26+,27-,28-/m0/s1. The lowest BCUT2D eigenvalue weighted by Gasteiger charge is -2.65. The fourth-order valence-corrected chi connectivity index (χ4v) is 9.03. The first-order valence-corrected chi connectivity index (χ1v) is 13.1. The number of cyclic esters (lactones) is 1. The number of carbonyl (C=O) groups is 2. The van der Waals surface area contributed by atoms with Gasteiger partial charge in [0.2, 0.25) is 0 Å². The number of aliphatic hydroxyl groups excluding tert-OH is 3. The first kappa shape index (κ1) is 25.1. The topological polar surface area (TPSA) is 124 Å². The number of aliphatic hydroxyl groups is 4. The number of ether oxygens (including phenoxy) is 1. The first-order valence-electron chi connectivity index (χ1n) is 13.1. The van der Waals surface area contributed by atoms with Gasteiger partial charge in [0.15, 0.2) is 5.78 Å². The number of esters is 1. The second kappa shape index (κ2) is 7.98. The van der Waals surface area contributed by atoms with Crippen LogP contribution in [0.15, 0.2) is 23.3 Å². The van der Waals surface area contributed by atoms with Crippen molar-refractivity contribution in [3.63, 3.8) is 0 Å². The zero-order valence-corrected chi connectivity index (χ0v) is 21.4. The molecule has 3 fully saturated rings. The van der Waals surface area contributed by atoms with Crippen LogP contribution in [0.1, 0.15) is 66.7 Å². The van der Waals surface area contributed by atoms with E-state index >= 15 is 0 Å². The normalized spacial score (nSPS) is 52.5.